The van der Waals surface area contributed by atoms with Crippen LogP contribution in [0.25, 0.3) is 0 Å². The number of aromatic nitrogens is 2. The van der Waals surface area contributed by atoms with E-state index in [0.29, 0.717) is 6.54 Å². The summed E-state index contributed by atoms with van der Waals surface area (Å²) >= 11 is 0. The standard InChI is InChI=1S/C13H20N4O3/c1-16(8-10-6-14-15-7-10)13(20)17(9-12(18)19)11-4-2-3-5-11/h6-7,11H,2-5,8-9H2,1H3,(H,14,15)(H,18,19). The zero-order valence-electron chi connectivity index (χ0n) is 11.6. The summed E-state index contributed by atoms with van der Waals surface area (Å²) in [5.41, 5.74) is 0.891. The normalized spacial score (nSPS) is 15.2. The van der Waals surface area contributed by atoms with E-state index < -0.39 is 5.97 Å². The van der Waals surface area contributed by atoms with Crippen LogP contribution in [0.15, 0.2) is 12.4 Å². The second kappa shape index (κ2) is 6.40. The number of carboxylic acid groups (broad SMARTS) is 1. The Bertz CT molecular complexity index is 454. The topological polar surface area (TPSA) is 89.5 Å². The number of hydrogen-bond acceptors (Lipinski definition) is 3. The number of nitrogens with zero attached hydrogens (tertiary/aromatic N) is 3. The summed E-state index contributed by atoms with van der Waals surface area (Å²) in [5.74, 6) is -0.970. The van der Waals surface area contributed by atoms with Crippen molar-refractivity contribution >= 4 is 12.0 Å². The van der Waals surface area contributed by atoms with Gasteiger partial charge in [-0.3, -0.25) is 9.89 Å². The zero-order chi connectivity index (χ0) is 14.5. The van der Waals surface area contributed by atoms with Gasteiger partial charge in [-0.1, -0.05) is 12.8 Å². The number of H-pyrrole nitrogens is 1. The van der Waals surface area contributed by atoms with Crippen molar-refractivity contribution in [2.45, 2.75) is 38.3 Å². The second-order valence-electron chi connectivity index (χ2n) is 5.21. The third-order valence-corrected chi connectivity index (χ3v) is 3.62. The number of carboxylic acids is 1. The highest BCUT2D eigenvalue weighted by Gasteiger charge is 2.30. The molecule has 7 nitrogen and oxygen atoms in total. The molecule has 0 aliphatic heterocycles. The van der Waals surface area contributed by atoms with E-state index in [-0.39, 0.29) is 18.6 Å². The van der Waals surface area contributed by atoms with Crippen molar-refractivity contribution in [1.82, 2.24) is 20.0 Å². The molecular weight excluding hydrogens is 260 g/mol. The van der Waals surface area contributed by atoms with Gasteiger partial charge in [-0.15, -0.1) is 0 Å². The Morgan fingerprint density at radius 3 is 2.70 bits per heavy atom. The molecule has 1 aromatic rings. The SMILES string of the molecule is CN(Cc1cn[nH]c1)C(=O)N(CC(=O)O)C1CCCC1. The van der Waals surface area contributed by atoms with Gasteiger partial charge in [0.15, 0.2) is 0 Å². The molecule has 0 atom stereocenters. The third-order valence-electron chi connectivity index (χ3n) is 3.62. The first kappa shape index (κ1) is 14.4. The third kappa shape index (κ3) is 3.49. The van der Waals surface area contributed by atoms with Crippen molar-refractivity contribution in [2.24, 2.45) is 0 Å². The van der Waals surface area contributed by atoms with E-state index in [4.69, 9.17) is 5.11 Å². The molecule has 0 radical (unpaired) electrons. The minimum atomic E-state index is -0.970. The quantitative estimate of drug-likeness (QED) is 0.850. The molecule has 0 saturated heterocycles. The lowest BCUT2D eigenvalue weighted by atomic mass is 10.2. The summed E-state index contributed by atoms with van der Waals surface area (Å²) < 4.78 is 0. The van der Waals surface area contributed by atoms with Gasteiger partial charge in [-0.05, 0) is 12.8 Å². The Balaban J connectivity index is 2.02. The van der Waals surface area contributed by atoms with Crippen LogP contribution >= 0.6 is 0 Å². The Morgan fingerprint density at radius 2 is 2.15 bits per heavy atom. The molecule has 7 heteroatoms. The second-order valence-corrected chi connectivity index (χ2v) is 5.21. The lowest BCUT2D eigenvalue weighted by Gasteiger charge is -2.31. The maximum Gasteiger partial charge on any atom is 0.323 e. The van der Waals surface area contributed by atoms with E-state index in [9.17, 15) is 9.59 Å². The predicted octanol–water partition coefficient (Wildman–Crippen LogP) is 1.29. The molecule has 2 N–H and O–H groups in total. The van der Waals surface area contributed by atoms with Crippen LogP contribution in [0.4, 0.5) is 4.79 Å². The maximum atomic E-state index is 12.4. The van der Waals surface area contributed by atoms with Crippen molar-refractivity contribution in [3.05, 3.63) is 18.0 Å². The molecule has 20 heavy (non-hydrogen) atoms. The van der Waals surface area contributed by atoms with Crippen molar-refractivity contribution < 1.29 is 14.7 Å². The number of hydrogen-bond donors (Lipinski definition) is 2. The molecule has 1 aromatic heterocycles. The summed E-state index contributed by atoms with van der Waals surface area (Å²) in [6.45, 7) is 0.178. The van der Waals surface area contributed by atoms with Gasteiger partial charge < -0.3 is 14.9 Å². The molecule has 2 amide bonds. The first-order chi connectivity index (χ1) is 9.58. The molecule has 0 aromatic carbocycles. The smallest absolute Gasteiger partial charge is 0.323 e. The van der Waals surface area contributed by atoms with E-state index in [0.717, 1.165) is 31.2 Å². The largest absolute Gasteiger partial charge is 0.480 e. The Labute approximate surface area is 117 Å². The number of urea groups is 1. The van der Waals surface area contributed by atoms with E-state index in [1.807, 2.05) is 0 Å². The van der Waals surface area contributed by atoms with Gasteiger partial charge in [-0.2, -0.15) is 5.10 Å². The number of nitrogens with one attached hydrogen (secondary N) is 1. The van der Waals surface area contributed by atoms with Crippen LogP contribution in [0, 0.1) is 0 Å². The van der Waals surface area contributed by atoms with Crippen LogP contribution in [-0.2, 0) is 11.3 Å². The van der Waals surface area contributed by atoms with Crippen LogP contribution in [-0.4, -0.2) is 56.7 Å². The highest BCUT2D eigenvalue weighted by molar-refractivity contribution is 5.80. The highest BCUT2D eigenvalue weighted by Crippen LogP contribution is 2.24. The van der Waals surface area contributed by atoms with Crippen LogP contribution in [0.2, 0.25) is 0 Å². The van der Waals surface area contributed by atoms with E-state index in [1.54, 1.807) is 19.4 Å². The fraction of sp³-hybridized carbons (Fsp3) is 0.615. The average Bonchev–Trinajstić information content (AvgIpc) is 3.07. The van der Waals surface area contributed by atoms with Crippen LogP contribution in [0.5, 0.6) is 0 Å². The monoisotopic (exact) mass is 280 g/mol. The first-order valence-corrected chi connectivity index (χ1v) is 6.79. The van der Waals surface area contributed by atoms with Gasteiger partial charge in [0.05, 0.1) is 12.7 Å². The molecule has 110 valence electrons. The number of aliphatic carboxylic acids is 1. The van der Waals surface area contributed by atoms with Gasteiger partial charge in [0, 0.05) is 24.8 Å². The molecule has 0 bridgehead atoms. The van der Waals surface area contributed by atoms with Crippen molar-refractivity contribution in [2.75, 3.05) is 13.6 Å². The van der Waals surface area contributed by atoms with Crippen molar-refractivity contribution in [3.8, 4) is 0 Å². The number of carbonyl (C=O) groups excluding carboxylic acids is 1. The fourth-order valence-corrected chi connectivity index (χ4v) is 2.64. The van der Waals surface area contributed by atoms with Gasteiger partial charge in [0.25, 0.3) is 0 Å². The van der Waals surface area contributed by atoms with E-state index in [1.165, 1.54) is 9.80 Å². The van der Waals surface area contributed by atoms with Gasteiger partial charge in [0.1, 0.15) is 6.54 Å². The van der Waals surface area contributed by atoms with Crippen molar-refractivity contribution in [1.29, 1.82) is 0 Å². The van der Waals surface area contributed by atoms with Crippen LogP contribution in [0.1, 0.15) is 31.2 Å². The summed E-state index contributed by atoms with van der Waals surface area (Å²) in [5, 5.41) is 15.5. The van der Waals surface area contributed by atoms with Gasteiger partial charge in [0.2, 0.25) is 0 Å². The number of amides is 2. The maximum absolute atomic E-state index is 12.4. The molecule has 0 unspecified atom stereocenters. The summed E-state index contributed by atoms with van der Waals surface area (Å²) in [7, 11) is 1.68. The lowest BCUT2D eigenvalue weighted by molar-refractivity contribution is -0.138. The summed E-state index contributed by atoms with van der Waals surface area (Å²) in [6.07, 6.45) is 7.26. The van der Waals surface area contributed by atoms with Crippen LogP contribution < -0.4 is 0 Å². The summed E-state index contributed by atoms with van der Waals surface area (Å²) in [6, 6.07) is -0.189. The lowest BCUT2D eigenvalue weighted by Crippen LogP contribution is -2.48. The highest BCUT2D eigenvalue weighted by atomic mass is 16.4. The Hall–Kier alpha value is -2.05. The Kier molecular flexibility index (Phi) is 4.60. The molecule has 1 heterocycles. The van der Waals surface area contributed by atoms with E-state index >= 15 is 0 Å². The van der Waals surface area contributed by atoms with E-state index in [2.05, 4.69) is 10.2 Å². The number of rotatable bonds is 5. The van der Waals surface area contributed by atoms with Gasteiger partial charge in [-0.25, -0.2) is 4.79 Å². The fourth-order valence-electron chi connectivity index (χ4n) is 2.64. The minimum absolute atomic E-state index is 0.0467. The molecule has 1 fully saturated rings. The average molecular weight is 280 g/mol. The number of aromatic amines is 1. The Morgan fingerprint density at radius 1 is 1.45 bits per heavy atom. The molecule has 0 spiro atoms. The number of carbonyl (C=O) groups is 2. The molecule has 2 rings (SSSR count). The van der Waals surface area contributed by atoms with Crippen LogP contribution in [0.3, 0.4) is 0 Å². The molecule has 1 aliphatic carbocycles. The molecule has 1 saturated carbocycles. The molecule has 1 aliphatic rings. The zero-order valence-corrected chi connectivity index (χ0v) is 11.6. The predicted molar refractivity (Wildman–Crippen MR) is 72.0 cm³/mol. The van der Waals surface area contributed by atoms with Crippen molar-refractivity contribution in [3.63, 3.8) is 0 Å². The minimum Gasteiger partial charge on any atom is -0.480 e. The summed E-state index contributed by atoms with van der Waals surface area (Å²) in [4.78, 5) is 26.4. The molecular formula is C13H20N4O3. The van der Waals surface area contributed by atoms with Gasteiger partial charge >= 0.3 is 12.0 Å². The first-order valence-electron chi connectivity index (χ1n) is 6.79.